The lowest BCUT2D eigenvalue weighted by Gasteiger charge is -2.03. The van der Waals surface area contributed by atoms with Crippen LogP contribution >= 0.6 is 12.2 Å². The molecule has 0 aliphatic rings. The molecule has 1 aromatic carbocycles. The van der Waals surface area contributed by atoms with Crippen molar-refractivity contribution in [3.05, 3.63) is 41.2 Å². The number of nitrogens with one attached hydrogen (secondary N) is 1. The van der Waals surface area contributed by atoms with E-state index in [4.69, 9.17) is 12.2 Å². The molecule has 0 spiro atoms. The SMILES string of the molecule is C=CCCn1c(=S)[nH]c2ccc(F)c(F)c21. The first-order valence-electron chi connectivity index (χ1n) is 4.82. The molecule has 2 rings (SSSR count). The van der Waals surface area contributed by atoms with Crippen LogP contribution in [0.4, 0.5) is 8.78 Å². The molecule has 0 radical (unpaired) electrons. The first kappa shape index (κ1) is 11.0. The van der Waals surface area contributed by atoms with Gasteiger partial charge in [-0.3, -0.25) is 0 Å². The van der Waals surface area contributed by atoms with Gasteiger partial charge < -0.3 is 9.55 Å². The summed E-state index contributed by atoms with van der Waals surface area (Å²) in [5, 5.41) is 0. The summed E-state index contributed by atoms with van der Waals surface area (Å²) >= 11 is 5.05. The lowest BCUT2D eigenvalue weighted by atomic mass is 10.3. The van der Waals surface area contributed by atoms with E-state index in [9.17, 15) is 8.78 Å². The summed E-state index contributed by atoms with van der Waals surface area (Å²) in [6.45, 7) is 4.07. The van der Waals surface area contributed by atoms with Crippen molar-refractivity contribution in [1.82, 2.24) is 9.55 Å². The van der Waals surface area contributed by atoms with Gasteiger partial charge in [0.2, 0.25) is 0 Å². The number of rotatable bonds is 3. The Labute approximate surface area is 96.2 Å². The average molecular weight is 240 g/mol. The minimum absolute atomic E-state index is 0.187. The van der Waals surface area contributed by atoms with Crippen LogP contribution in [0.5, 0.6) is 0 Å². The Morgan fingerprint density at radius 2 is 2.19 bits per heavy atom. The van der Waals surface area contributed by atoms with Crippen LogP contribution in [-0.4, -0.2) is 9.55 Å². The summed E-state index contributed by atoms with van der Waals surface area (Å²) in [6, 6.07) is 2.56. The zero-order valence-electron chi connectivity index (χ0n) is 8.46. The van der Waals surface area contributed by atoms with E-state index in [1.807, 2.05) is 0 Å². The number of hydrogen-bond donors (Lipinski definition) is 1. The van der Waals surface area contributed by atoms with Crippen molar-refractivity contribution in [2.24, 2.45) is 0 Å². The summed E-state index contributed by atoms with van der Waals surface area (Å²) in [6.07, 6.45) is 2.36. The number of allylic oxidation sites excluding steroid dienone is 1. The lowest BCUT2D eigenvalue weighted by Crippen LogP contribution is -1.99. The topological polar surface area (TPSA) is 20.7 Å². The molecule has 1 heterocycles. The number of aromatic amines is 1. The van der Waals surface area contributed by atoms with Crippen LogP contribution in [0.3, 0.4) is 0 Å². The number of nitrogens with zero attached hydrogens (tertiary/aromatic N) is 1. The molecule has 1 aromatic heterocycles. The fraction of sp³-hybridized carbons (Fsp3) is 0.182. The van der Waals surface area contributed by atoms with Gasteiger partial charge in [-0.25, -0.2) is 8.78 Å². The molecule has 0 aliphatic carbocycles. The molecule has 1 N–H and O–H groups in total. The van der Waals surface area contributed by atoms with E-state index in [1.54, 1.807) is 10.6 Å². The molecule has 5 heteroatoms. The van der Waals surface area contributed by atoms with Gasteiger partial charge >= 0.3 is 0 Å². The highest BCUT2D eigenvalue weighted by atomic mass is 32.1. The summed E-state index contributed by atoms with van der Waals surface area (Å²) in [7, 11) is 0. The lowest BCUT2D eigenvalue weighted by molar-refractivity contribution is 0.511. The third-order valence-electron chi connectivity index (χ3n) is 2.38. The van der Waals surface area contributed by atoms with E-state index in [1.165, 1.54) is 6.07 Å². The molecule has 0 atom stereocenters. The van der Waals surface area contributed by atoms with E-state index in [2.05, 4.69) is 11.6 Å². The van der Waals surface area contributed by atoms with Crippen molar-refractivity contribution < 1.29 is 8.78 Å². The fourth-order valence-corrected chi connectivity index (χ4v) is 1.92. The van der Waals surface area contributed by atoms with Crippen molar-refractivity contribution in [1.29, 1.82) is 0 Å². The smallest absolute Gasteiger partial charge is 0.184 e. The van der Waals surface area contributed by atoms with Gasteiger partial charge in [-0.15, -0.1) is 6.58 Å². The highest BCUT2D eigenvalue weighted by Crippen LogP contribution is 2.20. The number of fused-ring (bicyclic) bond motifs is 1. The Hall–Kier alpha value is -1.49. The summed E-state index contributed by atoms with van der Waals surface area (Å²) in [5.41, 5.74) is 0.694. The maximum Gasteiger partial charge on any atom is 0.184 e. The Kier molecular flexibility index (Phi) is 2.87. The molecule has 0 aliphatic heterocycles. The van der Waals surface area contributed by atoms with Crippen LogP contribution in [0, 0.1) is 16.4 Å². The quantitative estimate of drug-likeness (QED) is 0.642. The van der Waals surface area contributed by atoms with Gasteiger partial charge in [-0.05, 0) is 30.8 Å². The van der Waals surface area contributed by atoms with Crippen molar-refractivity contribution in [3.8, 4) is 0 Å². The second-order valence-corrected chi connectivity index (χ2v) is 3.80. The van der Waals surface area contributed by atoms with E-state index in [0.717, 1.165) is 6.07 Å². The molecule has 0 saturated heterocycles. The van der Waals surface area contributed by atoms with Crippen LogP contribution in [0.25, 0.3) is 11.0 Å². The number of aryl methyl sites for hydroxylation is 1. The molecule has 0 unspecified atom stereocenters. The number of H-pyrrole nitrogens is 1. The Bertz CT molecular complexity index is 598. The van der Waals surface area contributed by atoms with Gasteiger partial charge in [0, 0.05) is 6.54 Å². The third kappa shape index (κ3) is 1.67. The van der Waals surface area contributed by atoms with Gasteiger partial charge in [0.15, 0.2) is 16.4 Å². The van der Waals surface area contributed by atoms with Crippen LogP contribution in [0.2, 0.25) is 0 Å². The van der Waals surface area contributed by atoms with Crippen LogP contribution in [-0.2, 0) is 6.54 Å². The van der Waals surface area contributed by atoms with Crippen LogP contribution < -0.4 is 0 Å². The Morgan fingerprint density at radius 1 is 1.44 bits per heavy atom. The highest BCUT2D eigenvalue weighted by Gasteiger charge is 2.12. The molecule has 0 amide bonds. The Balaban J connectivity index is 2.71. The monoisotopic (exact) mass is 240 g/mol. The number of imidazole rings is 1. The van der Waals surface area contributed by atoms with Gasteiger partial charge in [-0.2, -0.15) is 0 Å². The molecule has 0 fully saturated rings. The molecule has 2 nitrogen and oxygen atoms in total. The summed E-state index contributed by atoms with van der Waals surface area (Å²) in [5.74, 6) is -1.73. The number of aromatic nitrogens is 2. The van der Waals surface area contributed by atoms with Crippen molar-refractivity contribution in [2.45, 2.75) is 13.0 Å². The van der Waals surface area contributed by atoms with Crippen LogP contribution in [0.15, 0.2) is 24.8 Å². The molecule has 2 aromatic rings. The number of hydrogen-bond acceptors (Lipinski definition) is 1. The van der Waals surface area contributed by atoms with Crippen molar-refractivity contribution in [2.75, 3.05) is 0 Å². The maximum absolute atomic E-state index is 13.6. The molecule has 84 valence electrons. The first-order valence-corrected chi connectivity index (χ1v) is 5.23. The number of halogens is 2. The van der Waals surface area contributed by atoms with E-state index in [-0.39, 0.29) is 5.52 Å². The van der Waals surface area contributed by atoms with Crippen molar-refractivity contribution in [3.63, 3.8) is 0 Å². The predicted molar refractivity (Wildman–Crippen MR) is 61.9 cm³/mol. The van der Waals surface area contributed by atoms with E-state index in [0.29, 0.717) is 23.3 Å². The third-order valence-corrected chi connectivity index (χ3v) is 2.70. The fourth-order valence-electron chi connectivity index (χ4n) is 1.62. The summed E-state index contributed by atoms with van der Waals surface area (Å²) in [4.78, 5) is 2.84. The van der Waals surface area contributed by atoms with Gasteiger partial charge in [-0.1, -0.05) is 6.08 Å². The molecular formula is C11H10F2N2S. The normalized spacial score (nSPS) is 10.9. The zero-order valence-corrected chi connectivity index (χ0v) is 9.28. The maximum atomic E-state index is 13.6. The van der Waals surface area contributed by atoms with Crippen LogP contribution in [0.1, 0.15) is 6.42 Å². The van der Waals surface area contributed by atoms with Gasteiger partial charge in [0.25, 0.3) is 0 Å². The first-order chi connectivity index (χ1) is 7.65. The average Bonchev–Trinajstić information content (AvgIpc) is 2.58. The zero-order chi connectivity index (χ0) is 11.7. The van der Waals surface area contributed by atoms with Crippen molar-refractivity contribution >= 4 is 23.3 Å². The largest absolute Gasteiger partial charge is 0.330 e. The van der Waals surface area contributed by atoms with Gasteiger partial charge in [0.05, 0.1) is 5.52 Å². The van der Waals surface area contributed by atoms with E-state index < -0.39 is 11.6 Å². The molecule has 0 saturated carbocycles. The minimum atomic E-state index is -0.867. The van der Waals surface area contributed by atoms with Gasteiger partial charge in [0.1, 0.15) is 5.52 Å². The second-order valence-electron chi connectivity index (χ2n) is 3.42. The second kappa shape index (κ2) is 4.17. The predicted octanol–water partition coefficient (Wildman–Crippen LogP) is 3.55. The molecule has 16 heavy (non-hydrogen) atoms. The minimum Gasteiger partial charge on any atom is -0.330 e. The Morgan fingerprint density at radius 3 is 2.88 bits per heavy atom. The number of benzene rings is 1. The molecular weight excluding hydrogens is 230 g/mol. The summed E-state index contributed by atoms with van der Waals surface area (Å²) < 4.78 is 28.7. The standard InChI is InChI=1S/C11H10F2N2S/c1-2-3-6-15-10-8(14-11(15)16)5-4-7(12)9(10)13/h2,4-5H,1,3,6H2,(H,14,16). The molecule has 0 bridgehead atoms. The van der Waals surface area contributed by atoms with E-state index >= 15 is 0 Å². The highest BCUT2D eigenvalue weighted by molar-refractivity contribution is 7.71.